The van der Waals surface area contributed by atoms with Gasteiger partial charge in [0.25, 0.3) is 0 Å². The molecule has 6 rings (SSSR count). The van der Waals surface area contributed by atoms with Crippen molar-refractivity contribution in [3.8, 4) is 16.9 Å². The Bertz CT molecular complexity index is 1860. The lowest BCUT2D eigenvalue weighted by Crippen LogP contribution is -2.15. The molecule has 0 atom stereocenters. The third-order valence-corrected chi connectivity index (χ3v) is 7.80. The van der Waals surface area contributed by atoms with E-state index >= 15 is 0 Å². The number of benzene rings is 3. The number of ether oxygens (including phenoxy) is 3. The summed E-state index contributed by atoms with van der Waals surface area (Å²) >= 11 is 0. The van der Waals surface area contributed by atoms with E-state index in [-0.39, 0.29) is 37.6 Å². The normalized spacial score (nSPS) is 14.3. The smallest absolute Gasteiger partial charge is 0.433 e. The second-order valence-electron chi connectivity index (χ2n) is 10.6. The van der Waals surface area contributed by atoms with Gasteiger partial charge in [0.1, 0.15) is 11.4 Å². The van der Waals surface area contributed by atoms with Crippen LogP contribution in [0, 0.1) is 0 Å². The molecule has 0 unspecified atom stereocenters. The Hall–Kier alpha value is -4.57. The highest BCUT2D eigenvalue weighted by Gasteiger charge is 2.40. The molecule has 1 aliphatic rings. The van der Waals surface area contributed by atoms with Crippen molar-refractivity contribution in [3.05, 3.63) is 95.5 Å². The van der Waals surface area contributed by atoms with Crippen LogP contribution in [0.3, 0.4) is 0 Å². The van der Waals surface area contributed by atoms with E-state index in [1.54, 1.807) is 29.7 Å². The van der Waals surface area contributed by atoms with Crippen LogP contribution in [0.4, 0.5) is 13.2 Å². The van der Waals surface area contributed by atoms with Crippen LogP contribution < -0.4 is 4.74 Å². The molecule has 5 aromatic rings. The molecule has 228 valence electrons. The number of carbonyl (C=O) groups is 1. The molecule has 0 N–H and O–H groups in total. The van der Waals surface area contributed by atoms with Gasteiger partial charge in [0.2, 0.25) is 0 Å². The second-order valence-corrected chi connectivity index (χ2v) is 10.6. The largest absolute Gasteiger partial charge is 0.493 e. The van der Waals surface area contributed by atoms with Crippen LogP contribution in [0.25, 0.3) is 32.8 Å². The van der Waals surface area contributed by atoms with E-state index in [0.717, 1.165) is 21.2 Å². The van der Waals surface area contributed by atoms with Crippen LogP contribution in [0.2, 0.25) is 0 Å². The first kappa shape index (κ1) is 29.5. The SMILES string of the molecule is CCOC(=O)c1c(CCCOc2cccc3ccccc23)c2cccc3c2n1C/C=C\COCc1nn(C)c(C(F)(F)F)c1-3. The minimum absolute atomic E-state index is 0.0486. The average molecular weight is 604 g/mol. The first-order valence-corrected chi connectivity index (χ1v) is 14.6. The van der Waals surface area contributed by atoms with E-state index in [2.05, 4.69) is 5.10 Å². The molecule has 7 nitrogen and oxygen atoms in total. The zero-order chi connectivity index (χ0) is 30.8. The van der Waals surface area contributed by atoms with Crippen LogP contribution in [0.1, 0.15) is 40.8 Å². The van der Waals surface area contributed by atoms with Gasteiger partial charge in [0, 0.05) is 35.5 Å². The average Bonchev–Trinajstić information content (AvgIpc) is 3.50. The fourth-order valence-corrected chi connectivity index (χ4v) is 6.06. The molecule has 0 amide bonds. The van der Waals surface area contributed by atoms with Crippen LogP contribution >= 0.6 is 0 Å². The van der Waals surface area contributed by atoms with Gasteiger partial charge in [0.05, 0.1) is 37.6 Å². The van der Waals surface area contributed by atoms with Gasteiger partial charge in [-0.05, 0) is 36.8 Å². The van der Waals surface area contributed by atoms with E-state index in [9.17, 15) is 18.0 Å². The van der Waals surface area contributed by atoms with E-state index < -0.39 is 17.8 Å². The predicted molar refractivity (Wildman–Crippen MR) is 162 cm³/mol. The number of alkyl halides is 3. The molecular formula is C34H32F3N3O4. The lowest BCUT2D eigenvalue weighted by molar-refractivity contribution is -0.143. The summed E-state index contributed by atoms with van der Waals surface area (Å²) < 4.78 is 63.4. The third kappa shape index (κ3) is 5.45. The maximum atomic E-state index is 14.5. The Kier molecular flexibility index (Phi) is 8.18. The Morgan fingerprint density at radius 2 is 1.80 bits per heavy atom. The quantitative estimate of drug-likeness (QED) is 0.110. The summed E-state index contributed by atoms with van der Waals surface area (Å²) in [4.78, 5) is 13.5. The third-order valence-electron chi connectivity index (χ3n) is 7.80. The molecule has 0 saturated heterocycles. The molecule has 3 heterocycles. The van der Waals surface area contributed by atoms with Gasteiger partial charge in [-0.1, -0.05) is 66.7 Å². The Labute approximate surface area is 252 Å². The van der Waals surface area contributed by atoms with Crippen molar-refractivity contribution < 1.29 is 32.2 Å². The summed E-state index contributed by atoms with van der Waals surface area (Å²) in [6, 6.07) is 19.1. The summed E-state index contributed by atoms with van der Waals surface area (Å²) in [6.45, 7) is 2.60. The summed E-state index contributed by atoms with van der Waals surface area (Å²) in [6.07, 6.45) is -0.0154. The fourth-order valence-electron chi connectivity index (χ4n) is 6.06. The van der Waals surface area contributed by atoms with Crippen molar-refractivity contribution in [1.29, 1.82) is 0 Å². The summed E-state index contributed by atoms with van der Waals surface area (Å²) in [5.74, 6) is 0.241. The van der Waals surface area contributed by atoms with Crippen LogP contribution in [0.15, 0.2) is 72.8 Å². The molecule has 0 radical (unpaired) electrons. The number of nitrogens with zero attached hydrogens (tertiary/aromatic N) is 3. The summed E-state index contributed by atoms with van der Waals surface area (Å²) in [7, 11) is 1.28. The predicted octanol–water partition coefficient (Wildman–Crippen LogP) is 7.49. The number of esters is 1. The number of aromatic nitrogens is 3. The lowest BCUT2D eigenvalue weighted by Gasteiger charge is -2.14. The van der Waals surface area contributed by atoms with E-state index in [0.29, 0.717) is 47.2 Å². The number of rotatable bonds is 7. The van der Waals surface area contributed by atoms with Crippen molar-refractivity contribution in [2.75, 3.05) is 19.8 Å². The lowest BCUT2D eigenvalue weighted by atomic mass is 9.97. The zero-order valence-corrected chi connectivity index (χ0v) is 24.5. The minimum atomic E-state index is -4.67. The highest BCUT2D eigenvalue weighted by Crippen LogP contribution is 2.43. The highest BCUT2D eigenvalue weighted by molar-refractivity contribution is 6.05. The number of allylic oxidation sites excluding steroid dienone is 1. The maximum Gasteiger partial charge on any atom is 0.433 e. The van der Waals surface area contributed by atoms with Crippen molar-refractivity contribution in [2.45, 2.75) is 39.1 Å². The van der Waals surface area contributed by atoms with Crippen LogP contribution in [-0.4, -0.2) is 40.1 Å². The first-order chi connectivity index (χ1) is 21.3. The molecule has 0 saturated carbocycles. The number of hydrogen-bond donors (Lipinski definition) is 0. The van der Waals surface area contributed by atoms with Crippen LogP contribution in [0.5, 0.6) is 5.75 Å². The van der Waals surface area contributed by atoms with Gasteiger partial charge in [-0.15, -0.1) is 0 Å². The molecule has 0 fully saturated rings. The van der Waals surface area contributed by atoms with Crippen LogP contribution in [-0.2, 0) is 42.3 Å². The highest BCUT2D eigenvalue weighted by atomic mass is 19.4. The molecule has 1 aliphatic heterocycles. The number of fused-ring (bicyclic) bond motifs is 3. The van der Waals surface area contributed by atoms with E-state index in [1.165, 1.54) is 7.05 Å². The topological polar surface area (TPSA) is 67.5 Å². The molecule has 3 aromatic carbocycles. The standard InChI is InChI=1S/C34H32F3N3O4/c1-3-43-33(41)31-25(16-10-20-44-28-17-8-12-22-11-4-5-13-23(22)28)24-14-9-15-26-29-27(38-39(2)32(29)34(35,36)37)21-42-19-7-6-18-40(31)30(24)26/h4-9,11-15,17H,3,10,16,18-21H2,1-2H3/b7-6-. The number of halogens is 3. The van der Waals surface area contributed by atoms with E-state index in [4.69, 9.17) is 14.2 Å². The van der Waals surface area contributed by atoms with Gasteiger partial charge in [0.15, 0.2) is 5.69 Å². The Balaban J connectivity index is 1.47. The molecule has 0 spiro atoms. The molecule has 0 bridgehead atoms. The summed E-state index contributed by atoms with van der Waals surface area (Å²) in [5, 5.41) is 6.99. The van der Waals surface area contributed by atoms with Crippen molar-refractivity contribution in [3.63, 3.8) is 0 Å². The minimum Gasteiger partial charge on any atom is -0.493 e. The summed E-state index contributed by atoms with van der Waals surface area (Å²) in [5.41, 5.74) is 1.15. The van der Waals surface area contributed by atoms with Crippen molar-refractivity contribution in [2.24, 2.45) is 7.05 Å². The molecule has 44 heavy (non-hydrogen) atoms. The monoisotopic (exact) mass is 603 g/mol. The Morgan fingerprint density at radius 3 is 2.61 bits per heavy atom. The maximum absolute atomic E-state index is 14.5. The van der Waals surface area contributed by atoms with Gasteiger partial charge in [-0.25, -0.2) is 4.79 Å². The fraction of sp³-hybridized carbons (Fsp3) is 0.294. The molecular weight excluding hydrogens is 571 g/mol. The van der Waals surface area contributed by atoms with Gasteiger partial charge in [-0.2, -0.15) is 18.3 Å². The van der Waals surface area contributed by atoms with Crippen molar-refractivity contribution in [1.82, 2.24) is 14.3 Å². The number of aryl methyl sites for hydroxylation is 2. The van der Waals surface area contributed by atoms with E-state index in [1.807, 2.05) is 54.6 Å². The first-order valence-electron chi connectivity index (χ1n) is 14.6. The molecule has 10 heteroatoms. The number of carbonyl (C=O) groups excluding carboxylic acids is 1. The zero-order valence-electron chi connectivity index (χ0n) is 24.5. The Morgan fingerprint density at radius 1 is 1.02 bits per heavy atom. The van der Waals surface area contributed by atoms with Gasteiger partial charge in [-0.3, -0.25) is 4.68 Å². The number of para-hydroxylation sites is 1. The molecule has 2 aromatic heterocycles. The molecule has 0 aliphatic carbocycles. The van der Waals surface area contributed by atoms with Gasteiger partial charge < -0.3 is 18.8 Å². The van der Waals surface area contributed by atoms with Gasteiger partial charge >= 0.3 is 12.1 Å². The van der Waals surface area contributed by atoms with Crippen molar-refractivity contribution >= 4 is 27.6 Å². The number of hydrogen-bond acceptors (Lipinski definition) is 5. The second kappa shape index (κ2) is 12.2.